The summed E-state index contributed by atoms with van der Waals surface area (Å²) in [4.78, 5) is 6.32. The van der Waals surface area contributed by atoms with Gasteiger partial charge in [0.1, 0.15) is 0 Å². The molecule has 0 aliphatic heterocycles. The topological polar surface area (TPSA) is 45.5 Å². The molecule has 1 N–H and O–H groups in total. The van der Waals surface area contributed by atoms with E-state index in [2.05, 4.69) is 15.4 Å². The van der Waals surface area contributed by atoms with Gasteiger partial charge >= 0.3 is 0 Å². The number of halogens is 2. The lowest BCUT2D eigenvalue weighted by molar-refractivity contribution is 0.470. The lowest BCUT2D eigenvalue weighted by Crippen LogP contribution is -2.39. The molecule has 0 aliphatic rings. The van der Waals surface area contributed by atoms with Crippen LogP contribution in [0.25, 0.3) is 0 Å². The minimum absolute atomic E-state index is 0.564. The van der Waals surface area contributed by atoms with Crippen molar-refractivity contribution in [2.24, 2.45) is 4.99 Å². The first-order valence-corrected chi connectivity index (χ1v) is 7.69. The summed E-state index contributed by atoms with van der Waals surface area (Å²) in [5, 5.41) is 8.60. The molecule has 0 spiro atoms. The fourth-order valence-corrected chi connectivity index (χ4v) is 2.41. The number of benzene rings is 1. The van der Waals surface area contributed by atoms with Crippen molar-refractivity contribution in [3.05, 3.63) is 52.3 Å². The summed E-state index contributed by atoms with van der Waals surface area (Å²) in [7, 11) is 3.74. The third kappa shape index (κ3) is 4.64. The van der Waals surface area contributed by atoms with Crippen molar-refractivity contribution in [2.45, 2.75) is 13.1 Å². The van der Waals surface area contributed by atoms with Crippen molar-refractivity contribution < 1.29 is 0 Å². The van der Waals surface area contributed by atoms with Gasteiger partial charge in [-0.3, -0.25) is 9.67 Å². The predicted octanol–water partition coefficient (Wildman–Crippen LogP) is 2.90. The van der Waals surface area contributed by atoms with E-state index in [1.165, 1.54) is 0 Å². The Kier molecular flexibility index (Phi) is 6.10. The van der Waals surface area contributed by atoms with Crippen molar-refractivity contribution in [3.63, 3.8) is 0 Å². The van der Waals surface area contributed by atoms with Crippen LogP contribution >= 0.6 is 23.2 Å². The van der Waals surface area contributed by atoms with E-state index in [1.54, 1.807) is 19.3 Å². The molecular weight excluding hydrogens is 321 g/mol. The molecule has 1 heterocycles. The Morgan fingerprint density at radius 3 is 2.82 bits per heavy atom. The highest BCUT2D eigenvalue weighted by atomic mass is 35.5. The van der Waals surface area contributed by atoms with E-state index in [4.69, 9.17) is 23.2 Å². The van der Waals surface area contributed by atoms with Gasteiger partial charge in [0.15, 0.2) is 5.96 Å². The first-order chi connectivity index (χ1) is 10.6. The van der Waals surface area contributed by atoms with Gasteiger partial charge in [-0.25, -0.2) is 0 Å². The van der Waals surface area contributed by atoms with Crippen LogP contribution in [-0.4, -0.2) is 41.3 Å². The van der Waals surface area contributed by atoms with Gasteiger partial charge in [0.2, 0.25) is 0 Å². The van der Waals surface area contributed by atoms with Gasteiger partial charge in [-0.1, -0.05) is 29.3 Å². The van der Waals surface area contributed by atoms with Crippen LogP contribution in [0.4, 0.5) is 0 Å². The summed E-state index contributed by atoms with van der Waals surface area (Å²) in [6.45, 7) is 2.23. The smallest absolute Gasteiger partial charge is 0.193 e. The molecule has 0 saturated heterocycles. The predicted molar refractivity (Wildman–Crippen MR) is 91.5 cm³/mol. The quantitative estimate of drug-likeness (QED) is 0.672. The molecule has 2 rings (SSSR count). The van der Waals surface area contributed by atoms with Gasteiger partial charge in [-0.15, -0.1) is 0 Å². The number of hydrogen-bond acceptors (Lipinski definition) is 2. The second kappa shape index (κ2) is 8.06. The molecule has 0 radical (unpaired) electrons. The largest absolute Gasteiger partial charge is 0.354 e. The van der Waals surface area contributed by atoms with E-state index in [9.17, 15) is 0 Å². The highest BCUT2D eigenvalue weighted by Gasteiger charge is 2.07. The zero-order valence-electron chi connectivity index (χ0n) is 12.6. The van der Waals surface area contributed by atoms with Crippen LogP contribution in [0.3, 0.4) is 0 Å². The van der Waals surface area contributed by atoms with Crippen molar-refractivity contribution in [2.75, 3.05) is 20.6 Å². The number of rotatable bonds is 5. The summed E-state index contributed by atoms with van der Waals surface area (Å²) in [6.07, 6.45) is 3.70. The van der Waals surface area contributed by atoms with Crippen LogP contribution in [0.5, 0.6) is 0 Å². The molecule has 7 heteroatoms. The summed E-state index contributed by atoms with van der Waals surface area (Å²) >= 11 is 12.0. The number of nitrogens with zero attached hydrogens (tertiary/aromatic N) is 4. The Balaban J connectivity index is 1.88. The maximum Gasteiger partial charge on any atom is 0.193 e. The Hall–Kier alpha value is -1.72. The molecule has 0 saturated carbocycles. The molecule has 0 aliphatic carbocycles. The van der Waals surface area contributed by atoms with E-state index in [0.717, 1.165) is 24.6 Å². The van der Waals surface area contributed by atoms with Gasteiger partial charge in [0.25, 0.3) is 0 Å². The van der Waals surface area contributed by atoms with Crippen LogP contribution in [0.1, 0.15) is 5.56 Å². The third-order valence-corrected chi connectivity index (χ3v) is 3.90. The van der Waals surface area contributed by atoms with E-state index in [-0.39, 0.29) is 0 Å². The molecule has 0 bridgehead atoms. The van der Waals surface area contributed by atoms with Crippen LogP contribution < -0.4 is 5.32 Å². The zero-order chi connectivity index (χ0) is 15.9. The third-order valence-electron chi connectivity index (χ3n) is 3.16. The molecule has 0 amide bonds. The van der Waals surface area contributed by atoms with Gasteiger partial charge in [0.05, 0.1) is 16.6 Å². The van der Waals surface area contributed by atoms with Crippen LogP contribution in [0, 0.1) is 0 Å². The Bertz CT molecular complexity index is 625. The molecule has 5 nitrogen and oxygen atoms in total. The average molecular weight is 340 g/mol. The number of aliphatic imine (C=N–C) groups is 1. The summed E-state index contributed by atoms with van der Waals surface area (Å²) in [5.41, 5.74) is 1.08. The number of aromatic nitrogens is 2. The molecule has 1 aromatic carbocycles. The van der Waals surface area contributed by atoms with Crippen molar-refractivity contribution in [1.29, 1.82) is 0 Å². The minimum atomic E-state index is 0.564. The summed E-state index contributed by atoms with van der Waals surface area (Å²) in [5.74, 6) is 0.818. The molecule has 0 atom stereocenters. The lowest BCUT2D eigenvalue weighted by Gasteiger charge is -2.22. The number of nitrogens with one attached hydrogen (secondary N) is 1. The molecule has 0 fully saturated rings. The van der Waals surface area contributed by atoms with Crippen LogP contribution in [0.15, 0.2) is 41.7 Å². The first-order valence-electron chi connectivity index (χ1n) is 6.93. The minimum Gasteiger partial charge on any atom is -0.354 e. The number of hydrogen-bond donors (Lipinski definition) is 1. The van der Waals surface area contributed by atoms with Gasteiger partial charge in [0, 0.05) is 39.6 Å². The van der Waals surface area contributed by atoms with Gasteiger partial charge < -0.3 is 10.2 Å². The summed E-state index contributed by atoms with van der Waals surface area (Å²) < 4.78 is 1.87. The highest BCUT2D eigenvalue weighted by Crippen LogP contribution is 2.23. The fourth-order valence-electron chi connectivity index (χ4n) is 2.09. The first kappa shape index (κ1) is 16.6. The van der Waals surface area contributed by atoms with Crippen LogP contribution in [-0.2, 0) is 13.1 Å². The zero-order valence-corrected chi connectivity index (χ0v) is 14.1. The molecular formula is C15H19Cl2N5. The Morgan fingerprint density at radius 2 is 2.18 bits per heavy atom. The van der Waals surface area contributed by atoms with Crippen molar-refractivity contribution in [1.82, 2.24) is 20.0 Å². The van der Waals surface area contributed by atoms with Gasteiger partial charge in [-0.2, -0.15) is 5.10 Å². The van der Waals surface area contributed by atoms with Gasteiger partial charge in [-0.05, 0) is 23.8 Å². The average Bonchev–Trinajstić information content (AvgIpc) is 3.00. The monoisotopic (exact) mass is 339 g/mol. The molecule has 1 aromatic heterocycles. The van der Waals surface area contributed by atoms with Crippen molar-refractivity contribution in [3.8, 4) is 0 Å². The summed E-state index contributed by atoms with van der Waals surface area (Å²) in [6, 6.07) is 7.55. The second-order valence-corrected chi connectivity index (χ2v) is 5.66. The van der Waals surface area contributed by atoms with E-state index >= 15 is 0 Å². The Morgan fingerprint density at radius 1 is 1.36 bits per heavy atom. The van der Waals surface area contributed by atoms with E-state index < -0.39 is 0 Å². The lowest BCUT2D eigenvalue weighted by atomic mass is 10.2. The Labute approximate surface area is 140 Å². The second-order valence-electron chi connectivity index (χ2n) is 4.85. The molecule has 22 heavy (non-hydrogen) atoms. The van der Waals surface area contributed by atoms with E-state index in [1.807, 2.05) is 41.0 Å². The maximum absolute atomic E-state index is 6.05. The van der Waals surface area contributed by atoms with Crippen molar-refractivity contribution >= 4 is 29.2 Å². The number of guanidine groups is 1. The standard InChI is InChI=1S/C15H19Cl2N5/c1-18-15(19-7-9-22-8-3-6-20-22)21(2)11-12-4-5-13(16)14(17)10-12/h3-6,8,10H,7,9,11H2,1-2H3,(H,18,19). The highest BCUT2D eigenvalue weighted by molar-refractivity contribution is 6.42. The maximum atomic E-state index is 6.05. The fraction of sp³-hybridized carbons (Fsp3) is 0.333. The normalized spacial score (nSPS) is 11.5. The van der Waals surface area contributed by atoms with E-state index in [0.29, 0.717) is 16.6 Å². The van der Waals surface area contributed by atoms with Crippen LogP contribution in [0.2, 0.25) is 10.0 Å². The SMILES string of the molecule is CN=C(NCCn1cccn1)N(C)Cc1ccc(Cl)c(Cl)c1. The molecule has 0 unspecified atom stereocenters. The molecule has 118 valence electrons. The molecule has 2 aromatic rings.